The van der Waals surface area contributed by atoms with Gasteiger partial charge >= 0.3 is 0 Å². The Balaban J connectivity index is 1.61. The number of rotatable bonds is 8. The van der Waals surface area contributed by atoms with E-state index < -0.39 is 9.84 Å². The molecule has 3 rings (SSSR count). The van der Waals surface area contributed by atoms with E-state index in [4.69, 9.17) is 0 Å². The molecule has 148 valence electrons. The van der Waals surface area contributed by atoms with Crippen LogP contribution >= 0.6 is 0 Å². The minimum absolute atomic E-state index is 0.0316. The molecule has 27 heavy (non-hydrogen) atoms. The van der Waals surface area contributed by atoms with Gasteiger partial charge in [-0.1, -0.05) is 43.2 Å². The Morgan fingerprint density at radius 1 is 1.15 bits per heavy atom. The molecule has 7 heteroatoms. The number of sulfone groups is 1. The lowest BCUT2D eigenvalue weighted by Gasteiger charge is -2.25. The normalized spacial score (nSPS) is 19.4. The first-order valence-electron chi connectivity index (χ1n) is 9.79. The molecule has 2 amide bonds. The number of carbonyl (C=O) groups is 2. The van der Waals surface area contributed by atoms with Gasteiger partial charge in [0, 0.05) is 25.9 Å². The van der Waals surface area contributed by atoms with Crippen molar-refractivity contribution in [2.24, 2.45) is 0 Å². The summed E-state index contributed by atoms with van der Waals surface area (Å²) >= 11 is 0. The smallest absolute Gasteiger partial charge is 0.222 e. The second-order valence-electron chi connectivity index (χ2n) is 7.50. The minimum Gasteiger partial charge on any atom is -0.347 e. The summed E-state index contributed by atoms with van der Waals surface area (Å²) < 4.78 is 24.8. The fraction of sp³-hybridized carbons (Fsp3) is 0.600. The molecule has 6 nitrogen and oxygen atoms in total. The first kappa shape index (κ1) is 19.9. The molecular weight excluding hydrogens is 364 g/mol. The van der Waals surface area contributed by atoms with E-state index in [1.54, 1.807) is 4.90 Å². The monoisotopic (exact) mass is 392 g/mol. The third-order valence-electron chi connectivity index (χ3n) is 5.54. The molecular formula is C20H28N2O4S. The Bertz CT molecular complexity index is 757. The lowest BCUT2D eigenvalue weighted by atomic mass is 10.1. The van der Waals surface area contributed by atoms with Gasteiger partial charge in [0.25, 0.3) is 0 Å². The summed E-state index contributed by atoms with van der Waals surface area (Å²) in [5.74, 6) is -0.278. The van der Waals surface area contributed by atoms with Crippen molar-refractivity contribution >= 4 is 21.7 Å². The number of hydrogen-bond acceptors (Lipinski definition) is 4. The highest BCUT2D eigenvalue weighted by Crippen LogP contribution is 2.25. The van der Waals surface area contributed by atoms with E-state index in [0.717, 1.165) is 24.8 Å². The number of nitrogens with zero attached hydrogens (tertiary/aromatic N) is 1. The van der Waals surface area contributed by atoms with Crippen LogP contribution in [0.5, 0.6) is 0 Å². The zero-order chi connectivity index (χ0) is 19.3. The van der Waals surface area contributed by atoms with Crippen LogP contribution in [0.25, 0.3) is 0 Å². The lowest BCUT2D eigenvalue weighted by Crippen LogP contribution is -2.39. The molecule has 1 saturated carbocycles. The topological polar surface area (TPSA) is 83.6 Å². The fourth-order valence-corrected chi connectivity index (χ4v) is 5.81. The van der Waals surface area contributed by atoms with Gasteiger partial charge in [0.15, 0.2) is 9.84 Å². The van der Waals surface area contributed by atoms with Crippen molar-refractivity contribution in [2.45, 2.75) is 56.2 Å². The minimum atomic E-state index is -3.21. The molecule has 1 heterocycles. The lowest BCUT2D eigenvalue weighted by molar-refractivity contribution is -0.129. The molecule has 0 radical (unpaired) electrons. The van der Waals surface area contributed by atoms with Crippen molar-refractivity contribution in [1.29, 1.82) is 0 Å². The SMILES string of the molecule is O=C(CCS(=O)(=O)C1CCCC1)NC(CN1CCCC1=O)c1ccccc1. The molecule has 1 aliphatic carbocycles. The molecule has 0 spiro atoms. The Labute approximate surface area is 161 Å². The number of carbonyl (C=O) groups excluding carboxylic acids is 2. The molecule has 1 atom stereocenters. The maximum absolute atomic E-state index is 12.5. The average molecular weight is 393 g/mol. The number of likely N-dealkylation sites (tertiary alicyclic amines) is 1. The van der Waals surface area contributed by atoms with Crippen molar-refractivity contribution in [3.63, 3.8) is 0 Å². The van der Waals surface area contributed by atoms with Crippen LogP contribution < -0.4 is 5.32 Å². The predicted octanol–water partition coefficient (Wildman–Crippen LogP) is 2.21. The van der Waals surface area contributed by atoms with Crippen LogP contribution in [0, 0.1) is 0 Å². The van der Waals surface area contributed by atoms with Gasteiger partial charge in [0.05, 0.1) is 17.0 Å². The van der Waals surface area contributed by atoms with Crippen molar-refractivity contribution in [3.8, 4) is 0 Å². The van der Waals surface area contributed by atoms with Gasteiger partial charge in [-0.2, -0.15) is 0 Å². The van der Waals surface area contributed by atoms with Gasteiger partial charge in [-0.05, 0) is 24.8 Å². The standard InChI is InChI=1S/C20H28N2O4S/c23-19(12-14-27(25,26)17-9-4-5-10-17)21-18(16-7-2-1-3-8-16)15-22-13-6-11-20(22)24/h1-3,7-8,17-18H,4-6,9-15H2,(H,21,23). The van der Waals surface area contributed by atoms with Gasteiger partial charge in [-0.15, -0.1) is 0 Å². The Morgan fingerprint density at radius 3 is 2.48 bits per heavy atom. The molecule has 1 aromatic carbocycles. The van der Waals surface area contributed by atoms with Gasteiger partial charge in [0.2, 0.25) is 11.8 Å². The molecule has 1 N–H and O–H groups in total. The zero-order valence-electron chi connectivity index (χ0n) is 15.6. The largest absolute Gasteiger partial charge is 0.347 e. The highest BCUT2D eigenvalue weighted by Gasteiger charge is 2.30. The quantitative estimate of drug-likeness (QED) is 0.735. The van der Waals surface area contributed by atoms with Crippen LogP contribution in [-0.4, -0.2) is 49.2 Å². The van der Waals surface area contributed by atoms with E-state index in [1.807, 2.05) is 30.3 Å². The summed E-state index contributed by atoms with van der Waals surface area (Å²) in [4.78, 5) is 26.2. The van der Waals surface area contributed by atoms with Crippen LogP contribution in [0.15, 0.2) is 30.3 Å². The summed E-state index contributed by atoms with van der Waals surface area (Å²) in [6.07, 6.45) is 4.70. The van der Waals surface area contributed by atoms with Crippen LogP contribution in [0.1, 0.15) is 56.6 Å². The summed E-state index contributed by atoms with van der Waals surface area (Å²) in [6, 6.07) is 9.20. The second-order valence-corrected chi connectivity index (χ2v) is 9.90. The Morgan fingerprint density at radius 2 is 1.85 bits per heavy atom. The molecule has 1 aliphatic heterocycles. The first-order valence-corrected chi connectivity index (χ1v) is 11.5. The number of hydrogen-bond donors (Lipinski definition) is 1. The van der Waals surface area contributed by atoms with E-state index in [9.17, 15) is 18.0 Å². The van der Waals surface area contributed by atoms with Gasteiger partial charge in [-0.25, -0.2) is 8.42 Å². The van der Waals surface area contributed by atoms with Gasteiger partial charge in [-0.3, -0.25) is 9.59 Å². The third kappa shape index (κ3) is 5.31. The van der Waals surface area contributed by atoms with E-state index in [1.165, 1.54) is 0 Å². The van der Waals surface area contributed by atoms with Crippen molar-refractivity contribution in [1.82, 2.24) is 10.2 Å². The molecule has 1 unspecified atom stereocenters. The van der Waals surface area contributed by atoms with E-state index in [0.29, 0.717) is 32.4 Å². The van der Waals surface area contributed by atoms with Gasteiger partial charge in [0.1, 0.15) is 0 Å². The number of nitrogens with one attached hydrogen (secondary N) is 1. The predicted molar refractivity (Wildman–Crippen MR) is 104 cm³/mol. The van der Waals surface area contributed by atoms with E-state index in [2.05, 4.69) is 5.32 Å². The third-order valence-corrected chi connectivity index (χ3v) is 7.80. The number of amides is 2. The summed E-state index contributed by atoms with van der Waals surface area (Å²) in [5.41, 5.74) is 0.921. The maximum Gasteiger partial charge on any atom is 0.222 e. The molecule has 0 bridgehead atoms. The second kappa shape index (κ2) is 8.87. The van der Waals surface area contributed by atoms with Crippen LogP contribution in [-0.2, 0) is 19.4 Å². The Kier molecular flexibility index (Phi) is 6.52. The van der Waals surface area contributed by atoms with Crippen LogP contribution in [0.4, 0.5) is 0 Å². The highest BCUT2D eigenvalue weighted by atomic mass is 32.2. The molecule has 2 fully saturated rings. The molecule has 1 saturated heterocycles. The van der Waals surface area contributed by atoms with Crippen LogP contribution in [0.2, 0.25) is 0 Å². The van der Waals surface area contributed by atoms with E-state index >= 15 is 0 Å². The van der Waals surface area contributed by atoms with Crippen molar-refractivity contribution in [2.75, 3.05) is 18.8 Å². The average Bonchev–Trinajstić information content (AvgIpc) is 3.33. The van der Waals surface area contributed by atoms with Crippen molar-refractivity contribution < 1.29 is 18.0 Å². The first-order chi connectivity index (χ1) is 13.0. The van der Waals surface area contributed by atoms with E-state index in [-0.39, 0.29) is 35.3 Å². The summed E-state index contributed by atoms with van der Waals surface area (Å²) in [5, 5.41) is 2.67. The zero-order valence-corrected chi connectivity index (χ0v) is 16.4. The Hall–Kier alpha value is -1.89. The number of benzene rings is 1. The molecule has 2 aliphatic rings. The summed E-state index contributed by atoms with van der Waals surface area (Å²) in [6.45, 7) is 1.12. The molecule has 1 aromatic rings. The van der Waals surface area contributed by atoms with Crippen LogP contribution in [0.3, 0.4) is 0 Å². The van der Waals surface area contributed by atoms with Crippen molar-refractivity contribution in [3.05, 3.63) is 35.9 Å². The highest BCUT2D eigenvalue weighted by molar-refractivity contribution is 7.92. The fourth-order valence-electron chi connectivity index (χ4n) is 3.95. The summed E-state index contributed by atoms with van der Waals surface area (Å²) in [7, 11) is -3.21. The molecule has 0 aromatic heterocycles. The maximum atomic E-state index is 12.5. The van der Waals surface area contributed by atoms with Gasteiger partial charge < -0.3 is 10.2 Å².